The van der Waals surface area contributed by atoms with Gasteiger partial charge in [-0.05, 0) is 80.9 Å². The summed E-state index contributed by atoms with van der Waals surface area (Å²) in [5.74, 6) is -8.47. The molecule has 1 aliphatic heterocycles. The summed E-state index contributed by atoms with van der Waals surface area (Å²) in [4.78, 5) is 125. The molecule has 422 valence electrons. The van der Waals surface area contributed by atoms with Crippen LogP contribution in [0.15, 0.2) is 102 Å². The number of aliphatic hydroxyl groups is 1. The van der Waals surface area contributed by atoms with Crippen LogP contribution in [0.5, 0.6) is 0 Å². The third kappa shape index (κ3) is 11.7. The highest BCUT2D eigenvalue weighted by Crippen LogP contribution is 2.74. The fourth-order valence-electron chi connectivity index (χ4n) is 11.9. The molecule has 4 fully saturated rings. The van der Waals surface area contributed by atoms with Gasteiger partial charge < -0.3 is 58.4 Å². The van der Waals surface area contributed by atoms with Crippen molar-refractivity contribution in [2.45, 2.75) is 141 Å². The topological polar surface area (TPSA) is 281 Å². The number of carbonyl (C=O) groups excluding carboxylic acids is 9. The molecule has 0 unspecified atom stereocenters. The van der Waals surface area contributed by atoms with Gasteiger partial charge in [0.25, 0.3) is 0 Å². The zero-order valence-electron chi connectivity index (χ0n) is 45.2. The predicted molar refractivity (Wildman–Crippen MR) is 274 cm³/mol. The highest BCUT2D eigenvalue weighted by molar-refractivity contribution is 5.98. The molecule has 21 nitrogen and oxygen atoms in total. The van der Waals surface area contributed by atoms with Crippen LogP contribution in [0.4, 0.5) is 9.59 Å². The van der Waals surface area contributed by atoms with E-state index >= 15 is 9.59 Å². The second kappa shape index (κ2) is 22.6. The van der Waals surface area contributed by atoms with Gasteiger partial charge in [0.1, 0.15) is 42.2 Å². The minimum atomic E-state index is -2.40. The van der Waals surface area contributed by atoms with Gasteiger partial charge in [-0.25, -0.2) is 24.0 Å². The van der Waals surface area contributed by atoms with E-state index in [2.05, 4.69) is 10.6 Å². The van der Waals surface area contributed by atoms with E-state index in [4.69, 9.17) is 42.6 Å². The van der Waals surface area contributed by atoms with Crippen molar-refractivity contribution in [1.29, 1.82) is 0 Å². The van der Waals surface area contributed by atoms with Crippen molar-refractivity contribution in [1.82, 2.24) is 10.6 Å². The van der Waals surface area contributed by atoms with Crippen LogP contribution >= 0.6 is 0 Å². The monoisotopic (exact) mass is 1090 g/mol. The Morgan fingerprint density at radius 2 is 1.44 bits per heavy atom. The number of ketones is 1. The van der Waals surface area contributed by atoms with Crippen LogP contribution in [-0.2, 0) is 78.0 Å². The zero-order chi connectivity index (χ0) is 57.2. The molecule has 3 aromatic carbocycles. The van der Waals surface area contributed by atoms with Gasteiger partial charge in [0, 0.05) is 37.6 Å². The van der Waals surface area contributed by atoms with Gasteiger partial charge in [0.2, 0.25) is 6.10 Å². The van der Waals surface area contributed by atoms with Gasteiger partial charge in [-0.15, -0.1) is 0 Å². The summed E-state index contributed by atoms with van der Waals surface area (Å²) in [6.45, 7) is 10.2. The third-order valence-corrected chi connectivity index (χ3v) is 15.6. The smallest absolute Gasteiger partial charge is 0.408 e. The normalized spacial score (nSPS) is 27.8. The predicted octanol–water partition coefficient (Wildman–Crippen LogP) is 5.88. The van der Waals surface area contributed by atoms with Crippen LogP contribution in [0, 0.1) is 22.7 Å². The van der Waals surface area contributed by atoms with E-state index in [9.17, 15) is 38.7 Å². The Labute approximate surface area is 456 Å². The number of nitrogens with one attached hydrogen (secondary N) is 2. The summed E-state index contributed by atoms with van der Waals surface area (Å²) >= 11 is 0. The molecule has 2 amide bonds. The molecular formula is C58H66N2O19. The van der Waals surface area contributed by atoms with Crippen molar-refractivity contribution >= 4 is 53.8 Å². The maximum atomic E-state index is 15.8. The van der Waals surface area contributed by atoms with Gasteiger partial charge >= 0.3 is 48.0 Å². The Morgan fingerprint density at radius 1 is 0.797 bits per heavy atom. The lowest BCUT2D eigenvalue weighted by atomic mass is 9.48. The average Bonchev–Trinajstić information content (AvgIpc) is 3.09. The van der Waals surface area contributed by atoms with Crippen molar-refractivity contribution in [3.63, 3.8) is 0 Å². The highest BCUT2D eigenvalue weighted by Gasteiger charge is 2.84. The van der Waals surface area contributed by atoms with Gasteiger partial charge in [-0.3, -0.25) is 19.2 Å². The minimum absolute atomic E-state index is 0.0227. The summed E-state index contributed by atoms with van der Waals surface area (Å²) in [7, 11) is 0. The van der Waals surface area contributed by atoms with Crippen LogP contribution in [0.3, 0.4) is 0 Å². The molecule has 79 heavy (non-hydrogen) atoms. The number of hydrogen-bond donors (Lipinski definition) is 3. The molecule has 1 saturated heterocycles. The number of benzene rings is 3. The molecule has 3 aromatic rings. The maximum absolute atomic E-state index is 15.8. The van der Waals surface area contributed by atoms with Gasteiger partial charge in [-0.2, -0.15) is 0 Å². The van der Waals surface area contributed by atoms with Crippen LogP contribution in [0.25, 0.3) is 0 Å². The first kappa shape index (κ1) is 57.5. The molecule has 2 bridgehead atoms. The first-order chi connectivity index (χ1) is 37.3. The minimum Gasteiger partial charge on any atom is -0.455 e. The van der Waals surface area contributed by atoms with Crippen molar-refractivity contribution in [2.24, 2.45) is 22.7 Å². The molecule has 4 aliphatic carbocycles. The SMILES string of the molecule is CC(=O)O[C@H]1C(=O)[C@]23C[C@H]2C[C@H]2OC[C@@]2(OC(C)=O)[C@H]3[C@H](OC(=O)c2ccccc2)[C@]2(O)C[C@H](OC(=O)[C@H](OC(=O)COC(=O)CCNC(=O)OCc3ccccc3)[C@@H](NC(=O)OC(C)(C)C)c3ccccc3)C(C)=C1C2(C)C. The van der Waals surface area contributed by atoms with Crippen molar-refractivity contribution < 1.29 is 90.9 Å². The number of hydrogen-bond acceptors (Lipinski definition) is 19. The van der Waals surface area contributed by atoms with Crippen LogP contribution in [0.2, 0.25) is 0 Å². The summed E-state index contributed by atoms with van der Waals surface area (Å²) < 4.78 is 52.8. The van der Waals surface area contributed by atoms with Gasteiger partial charge in [0.15, 0.2) is 24.1 Å². The number of rotatable bonds is 17. The Bertz CT molecular complexity index is 2890. The molecule has 8 rings (SSSR count). The molecule has 1 heterocycles. The maximum Gasteiger partial charge on any atom is 0.408 e. The van der Waals surface area contributed by atoms with Crippen molar-refractivity contribution in [2.75, 3.05) is 19.8 Å². The molecule has 5 aliphatic rings. The van der Waals surface area contributed by atoms with Crippen LogP contribution in [-0.4, -0.2) is 126 Å². The first-order valence-electron chi connectivity index (χ1n) is 26.1. The quantitative estimate of drug-likeness (QED) is 0.0808. The van der Waals surface area contributed by atoms with Crippen LogP contribution < -0.4 is 10.6 Å². The molecule has 21 heteroatoms. The lowest BCUT2D eigenvalue weighted by Gasteiger charge is -2.64. The van der Waals surface area contributed by atoms with Crippen LogP contribution in [0.1, 0.15) is 109 Å². The Kier molecular flexibility index (Phi) is 16.5. The largest absolute Gasteiger partial charge is 0.455 e. The number of ether oxygens (including phenoxy) is 9. The molecule has 3 saturated carbocycles. The summed E-state index contributed by atoms with van der Waals surface area (Å²) in [6.07, 6.45) is -10.4. The van der Waals surface area contributed by atoms with E-state index in [1.54, 1.807) is 95.3 Å². The zero-order valence-corrected chi connectivity index (χ0v) is 45.2. The molecule has 0 aromatic heterocycles. The van der Waals surface area contributed by atoms with Gasteiger partial charge in [0.05, 0.1) is 24.5 Å². The Hall–Kier alpha value is -7.65. The summed E-state index contributed by atoms with van der Waals surface area (Å²) in [5, 5.41) is 19.0. The fourth-order valence-corrected chi connectivity index (χ4v) is 11.9. The van der Waals surface area contributed by atoms with Crippen molar-refractivity contribution in [3.05, 3.63) is 119 Å². The standard InChI is InChI=1S/C58H66N2O19/c1-32-39(75-51(67)46(44(36-20-14-10-15-21-36)60-53(69)79-54(4,5)6)76-42(64)30-71-41(63)24-25-59-52(68)72-29-35-18-12-9-13-19-35)28-58(70)49(77-50(66)37-22-16-11-17-23-37)47-56(48(65)45(74-33(2)61)43(32)55(58,7)8)27-38(56)26-40-57(47,31-73-40)78-34(3)62/h9-23,38-40,44-47,49,70H,24-31H2,1-8H3,(H,59,68)(H,60,69)/t38-,39+,40-,44+,45-,46-,47+,49+,56-,57+,58-/m1/s1. The van der Waals surface area contributed by atoms with E-state index < -0.39 is 149 Å². The van der Waals surface area contributed by atoms with E-state index in [1.807, 2.05) is 6.07 Å². The third-order valence-electron chi connectivity index (χ3n) is 15.6. The summed E-state index contributed by atoms with van der Waals surface area (Å²) in [6, 6.07) is 23.1. The first-order valence-corrected chi connectivity index (χ1v) is 26.1. The molecular weight excluding hydrogens is 1030 g/mol. The number of esters is 6. The van der Waals surface area contributed by atoms with E-state index in [0.717, 1.165) is 12.5 Å². The number of fused-ring (bicyclic) bond motifs is 4. The summed E-state index contributed by atoms with van der Waals surface area (Å²) in [5.41, 5.74) is -7.11. The number of carbonyl (C=O) groups is 9. The van der Waals surface area contributed by atoms with Crippen molar-refractivity contribution in [3.8, 4) is 0 Å². The fraction of sp³-hybridized carbons (Fsp3) is 0.500. The number of alkyl carbamates (subject to hydrolysis) is 2. The molecule has 1 spiro atoms. The molecule has 3 N–H and O–H groups in total. The second-order valence-corrected chi connectivity index (χ2v) is 22.2. The lowest BCUT2D eigenvalue weighted by Crippen LogP contribution is -2.78. The molecule has 11 atom stereocenters. The highest BCUT2D eigenvalue weighted by atomic mass is 16.6. The van der Waals surface area contributed by atoms with E-state index in [-0.39, 0.29) is 54.9 Å². The van der Waals surface area contributed by atoms with E-state index in [0.29, 0.717) is 0 Å². The average molecular weight is 1100 g/mol. The number of amides is 2. The number of Topliss-reactive ketones (excluding diaryl/α,β-unsaturated/α-hetero) is 1. The molecule has 0 radical (unpaired) electrons. The van der Waals surface area contributed by atoms with E-state index in [1.165, 1.54) is 38.1 Å². The second-order valence-electron chi connectivity index (χ2n) is 22.2. The lowest BCUT2D eigenvalue weighted by molar-refractivity contribution is -0.323. The van der Waals surface area contributed by atoms with Gasteiger partial charge in [-0.1, -0.05) is 92.7 Å². The Balaban J connectivity index is 1.16. The Morgan fingerprint density at radius 3 is 2.05 bits per heavy atom.